The fourth-order valence-corrected chi connectivity index (χ4v) is 2.03. The number of carbonyl (C=O) groups excluding carboxylic acids is 1. The number of amides is 2. The van der Waals surface area contributed by atoms with Crippen LogP contribution in [-0.2, 0) is 6.42 Å². The molecule has 2 aromatic rings. The molecule has 0 saturated heterocycles. The van der Waals surface area contributed by atoms with Gasteiger partial charge in [-0.3, -0.25) is 4.98 Å². The van der Waals surface area contributed by atoms with E-state index in [9.17, 15) is 4.79 Å². The molecular weight excluding hydrogens is 278 g/mol. The highest BCUT2D eigenvalue weighted by molar-refractivity contribution is 5.74. The van der Waals surface area contributed by atoms with Crippen LogP contribution in [0.25, 0.3) is 0 Å². The van der Waals surface area contributed by atoms with Gasteiger partial charge in [-0.1, -0.05) is 18.2 Å². The summed E-state index contributed by atoms with van der Waals surface area (Å²) in [5, 5.41) is 2.77. The highest BCUT2D eigenvalue weighted by Gasteiger charge is 2.10. The summed E-state index contributed by atoms with van der Waals surface area (Å²) in [6.45, 7) is 3.44. The normalized spacial score (nSPS) is 10.0. The zero-order valence-electron chi connectivity index (χ0n) is 12.7. The molecule has 0 aliphatic heterocycles. The molecule has 116 valence electrons. The topological polar surface area (TPSA) is 54.5 Å². The number of aromatic nitrogens is 1. The Kier molecular flexibility index (Phi) is 6.23. The third-order valence-electron chi connectivity index (χ3n) is 3.29. The third kappa shape index (κ3) is 5.09. The van der Waals surface area contributed by atoms with E-state index >= 15 is 0 Å². The Morgan fingerprint density at radius 2 is 1.91 bits per heavy atom. The Hall–Kier alpha value is -2.56. The van der Waals surface area contributed by atoms with Crippen LogP contribution in [0.5, 0.6) is 5.75 Å². The van der Waals surface area contributed by atoms with Crippen molar-refractivity contribution in [2.24, 2.45) is 0 Å². The lowest BCUT2D eigenvalue weighted by atomic mass is 10.2. The van der Waals surface area contributed by atoms with Gasteiger partial charge in [0.05, 0.1) is 0 Å². The Bertz CT molecular complexity index is 561. The molecule has 2 amide bonds. The number of hydrogen-bond donors (Lipinski definition) is 1. The summed E-state index contributed by atoms with van der Waals surface area (Å²) in [6, 6.07) is 13.2. The average Bonchev–Trinajstić information content (AvgIpc) is 2.57. The predicted octanol–water partition coefficient (Wildman–Crippen LogP) is 2.69. The molecular formula is C17H21N3O2. The number of likely N-dealkylation sites (N-methyl/N-ethyl adjacent to an activating group) is 1. The highest BCUT2D eigenvalue weighted by atomic mass is 16.5. The van der Waals surface area contributed by atoms with Gasteiger partial charge in [-0.05, 0) is 43.2 Å². The first kappa shape index (κ1) is 15.8. The second-order valence-electron chi connectivity index (χ2n) is 4.77. The van der Waals surface area contributed by atoms with Gasteiger partial charge < -0.3 is 15.0 Å². The second kappa shape index (κ2) is 8.67. The summed E-state index contributed by atoms with van der Waals surface area (Å²) in [4.78, 5) is 17.9. The zero-order chi connectivity index (χ0) is 15.6. The van der Waals surface area contributed by atoms with Crippen LogP contribution in [0.2, 0.25) is 0 Å². The van der Waals surface area contributed by atoms with Crippen LogP contribution in [0.1, 0.15) is 12.5 Å². The largest absolute Gasteiger partial charge is 0.473 e. The lowest BCUT2D eigenvalue weighted by Gasteiger charge is -2.21. The number of para-hydroxylation sites is 1. The van der Waals surface area contributed by atoms with Crippen molar-refractivity contribution >= 4 is 6.03 Å². The van der Waals surface area contributed by atoms with Crippen LogP contribution in [0, 0.1) is 0 Å². The summed E-state index contributed by atoms with van der Waals surface area (Å²) in [6.07, 6.45) is 4.34. The molecule has 0 atom stereocenters. The van der Waals surface area contributed by atoms with Gasteiger partial charge >= 0.3 is 6.03 Å². The van der Waals surface area contributed by atoms with E-state index in [0.717, 1.165) is 12.2 Å². The molecule has 0 fully saturated rings. The van der Waals surface area contributed by atoms with Crippen LogP contribution in [0.3, 0.4) is 0 Å². The van der Waals surface area contributed by atoms with Crippen molar-refractivity contribution in [1.82, 2.24) is 15.2 Å². The number of nitrogens with one attached hydrogen (secondary N) is 1. The van der Waals surface area contributed by atoms with Gasteiger partial charge in [0.15, 0.2) is 6.73 Å². The third-order valence-corrected chi connectivity index (χ3v) is 3.29. The molecule has 2 rings (SSSR count). The summed E-state index contributed by atoms with van der Waals surface area (Å²) in [5.41, 5.74) is 1.17. The van der Waals surface area contributed by atoms with Crippen molar-refractivity contribution in [1.29, 1.82) is 0 Å². The summed E-state index contributed by atoms with van der Waals surface area (Å²) >= 11 is 0. The predicted molar refractivity (Wildman–Crippen MR) is 85.7 cm³/mol. The van der Waals surface area contributed by atoms with Crippen LogP contribution in [0.15, 0.2) is 54.9 Å². The number of carbonyl (C=O) groups is 1. The lowest BCUT2D eigenvalue weighted by Crippen LogP contribution is -2.42. The molecule has 0 radical (unpaired) electrons. The molecule has 0 aliphatic carbocycles. The van der Waals surface area contributed by atoms with Gasteiger partial charge in [0.2, 0.25) is 0 Å². The molecule has 0 saturated carbocycles. The van der Waals surface area contributed by atoms with E-state index in [2.05, 4.69) is 10.3 Å². The molecule has 5 nitrogen and oxygen atoms in total. The number of benzene rings is 1. The van der Waals surface area contributed by atoms with E-state index in [1.54, 1.807) is 17.3 Å². The standard InChI is InChI=1S/C17H21N3O2/c1-2-20(13-10-15-8-11-18-12-9-15)17(21)19-14-22-16-6-4-3-5-7-16/h3-9,11-12H,2,10,13-14H2,1H3,(H,19,21). The molecule has 22 heavy (non-hydrogen) atoms. The fourth-order valence-electron chi connectivity index (χ4n) is 2.03. The molecule has 1 aromatic carbocycles. The Balaban J connectivity index is 1.74. The summed E-state index contributed by atoms with van der Waals surface area (Å²) in [5.74, 6) is 0.739. The average molecular weight is 299 g/mol. The Labute approximate surface area is 130 Å². The first-order valence-electron chi connectivity index (χ1n) is 7.39. The van der Waals surface area contributed by atoms with Crippen molar-refractivity contribution in [3.8, 4) is 5.75 Å². The lowest BCUT2D eigenvalue weighted by molar-refractivity contribution is 0.187. The van der Waals surface area contributed by atoms with E-state index in [0.29, 0.717) is 13.1 Å². The molecule has 1 aromatic heterocycles. The molecule has 1 heterocycles. The molecule has 0 unspecified atom stereocenters. The first-order chi connectivity index (χ1) is 10.8. The number of pyridine rings is 1. The maximum atomic E-state index is 12.1. The van der Waals surface area contributed by atoms with Crippen molar-refractivity contribution in [3.05, 3.63) is 60.4 Å². The molecule has 0 aliphatic rings. The van der Waals surface area contributed by atoms with Gasteiger partial charge in [0.25, 0.3) is 0 Å². The SMILES string of the molecule is CCN(CCc1ccncc1)C(=O)NCOc1ccccc1. The summed E-state index contributed by atoms with van der Waals surface area (Å²) < 4.78 is 5.47. The monoisotopic (exact) mass is 299 g/mol. The van der Waals surface area contributed by atoms with Crippen molar-refractivity contribution < 1.29 is 9.53 Å². The fraction of sp³-hybridized carbons (Fsp3) is 0.294. The van der Waals surface area contributed by atoms with Gasteiger partial charge in [-0.25, -0.2) is 4.79 Å². The van der Waals surface area contributed by atoms with E-state index in [1.807, 2.05) is 49.4 Å². The van der Waals surface area contributed by atoms with Crippen LogP contribution >= 0.6 is 0 Å². The van der Waals surface area contributed by atoms with E-state index in [1.165, 1.54) is 5.56 Å². The number of rotatable bonds is 7. The quantitative estimate of drug-likeness (QED) is 0.800. The van der Waals surface area contributed by atoms with Crippen molar-refractivity contribution in [3.63, 3.8) is 0 Å². The minimum atomic E-state index is -0.118. The van der Waals surface area contributed by atoms with Crippen LogP contribution in [-0.4, -0.2) is 35.7 Å². The summed E-state index contributed by atoms with van der Waals surface area (Å²) in [7, 11) is 0. The Morgan fingerprint density at radius 1 is 1.18 bits per heavy atom. The molecule has 0 spiro atoms. The van der Waals surface area contributed by atoms with E-state index in [4.69, 9.17) is 4.74 Å². The van der Waals surface area contributed by atoms with Crippen LogP contribution < -0.4 is 10.1 Å². The minimum absolute atomic E-state index is 0.118. The maximum Gasteiger partial charge on any atom is 0.320 e. The van der Waals surface area contributed by atoms with Gasteiger partial charge in [0.1, 0.15) is 5.75 Å². The van der Waals surface area contributed by atoms with E-state index < -0.39 is 0 Å². The molecule has 5 heteroatoms. The van der Waals surface area contributed by atoms with Crippen molar-refractivity contribution in [2.45, 2.75) is 13.3 Å². The van der Waals surface area contributed by atoms with Crippen molar-refractivity contribution in [2.75, 3.05) is 19.8 Å². The zero-order valence-corrected chi connectivity index (χ0v) is 12.7. The van der Waals surface area contributed by atoms with Crippen LogP contribution in [0.4, 0.5) is 4.79 Å². The number of nitrogens with zero attached hydrogens (tertiary/aromatic N) is 2. The minimum Gasteiger partial charge on any atom is -0.473 e. The molecule has 1 N–H and O–H groups in total. The number of urea groups is 1. The number of ether oxygens (including phenoxy) is 1. The first-order valence-corrected chi connectivity index (χ1v) is 7.39. The van der Waals surface area contributed by atoms with Gasteiger partial charge in [-0.15, -0.1) is 0 Å². The second-order valence-corrected chi connectivity index (χ2v) is 4.77. The van der Waals surface area contributed by atoms with E-state index in [-0.39, 0.29) is 12.8 Å². The molecule has 0 bridgehead atoms. The Morgan fingerprint density at radius 3 is 2.59 bits per heavy atom. The highest BCUT2D eigenvalue weighted by Crippen LogP contribution is 2.07. The van der Waals surface area contributed by atoms with Gasteiger partial charge in [-0.2, -0.15) is 0 Å². The smallest absolute Gasteiger partial charge is 0.320 e. The number of hydrogen-bond acceptors (Lipinski definition) is 3. The maximum absolute atomic E-state index is 12.1. The van der Waals surface area contributed by atoms with Gasteiger partial charge in [0, 0.05) is 25.5 Å².